The van der Waals surface area contributed by atoms with Crippen molar-refractivity contribution in [1.82, 2.24) is 4.90 Å². The van der Waals surface area contributed by atoms with E-state index < -0.39 is 17.6 Å². The summed E-state index contributed by atoms with van der Waals surface area (Å²) in [5.41, 5.74) is -0.799. The van der Waals surface area contributed by atoms with E-state index in [4.69, 9.17) is 0 Å². The van der Waals surface area contributed by atoms with Crippen molar-refractivity contribution < 1.29 is 18.0 Å². The number of hydrogen-bond donors (Lipinski definition) is 0. The smallest absolute Gasteiger partial charge is 0.338 e. The van der Waals surface area contributed by atoms with Crippen LogP contribution in [0.4, 0.5) is 13.2 Å². The lowest BCUT2D eigenvalue weighted by molar-refractivity contribution is -0.138. The zero-order valence-electron chi connectivity index (χ0n) is 10.1. The molecule has 1 rings (SSSR count). The molecular formula is C12H12Br2F3NO. The molecule has 0 atom stereocenters. The van der Waals surface area contributed by atoms with Gasteiger partial charge >= 0.3 is 6.18 Å². The summed E-state index contributed by atoms with van der Waals surface area (Å²) in [6.07, 6.45) is -4.48. The Labute approximate surface area is 126 Å². The van der Waals surface area contributed by atoms with Gasteiger partial charge in [0.2, 0.25) is 0 Å². The van der Waals surface area contributed by atoms with Crippen LogP contribution in [-0.4, -0.2) is 29.2 Å². The second-order valence-corrected chi connectivity index (χ2v) is 5.41. The first-order valence-electron chi connectivity index (χ1n) is 5.53. The lowest BCUT2D eigenvalue weighted by atomic mass is 10.1. The number of hydrogen-bond acceptors (Lipinski definition) is 1. The fraction of sp³-hybridized carbons (Fsp3) is 0.417. The molecule has 0 bridgehead atoms. The maximum absolute atomic E-state index is 12.8. The molecule has 1 aromatic carbocycles. The third-order valence-corrected chi connectivity index (χ3v) is 3.59. The quantitative estimate of drug-likeness (QED) is 0.686. The van der Waals surface area contributed by atoms with E-state index in [1.807, 2.05) is 0 Å². The van der Waals surface area contributed by atoms with Crippen LogP contribution in [0.3, 0.4) is 0 Å². The van der Waals surface area contributed by atoms with Gasteiger partial charge in [-0.05, 0) is 25.1 Å². The van der Waals surface area contributed by atoms with E-state index in [9.17, 15) is 18.0 Å². The molecule has 0 N–H and O–H groups in total. The SMILES string of the molecule is CCN(CCBr)C(=O)c1ccc(Br)c(C(F)(F)F)c1. The van der Waals surface area contributed by atoms with Crippen molar-refractivity contribution in [2.75, 3.05) is 18.4 Å². The molecule has 0 aliphatic carbocycles. The van der Waals surface area contributed by atoms with Gasteiger partial charge in [-0.2, -0.15) is 13.2 Å². The zero-order valence-corrected chi connectivity index (χ0v) is 13.3. The number of rotatable bonds is 4. The predicted octanol–water partition coefficient (Wildman–Crippen LogP) is 4.32. The minimum absolute atomic E-state index is 0.0401. The third-order valence-electron chi connectivity index (χ3n) is 2.54. The Morgan fingerprint density at radius 2 is 2.00 bits per heavy atom. The van der Waals surface area contributed by atoms with Gasteiger partial charge in [0, 0.05) is 28.5 Å². The van der Waals surface area contributed by atoms with E-state index in [2.05, 4.69) is 31.9 Å². The van der Waals surface area contributed by atoms with Gasteiger partial charge in [0.15, 0.2) is 0 Å². The van der Waals surface area contributed by atoms with E-state index in [0.29, 0.717) is 18.4 Å². The summed E-state index contributed by atoms with van der Waals surface area (Å²) in [6, 6.07) is 3.51. The molecule has 0 fully saturated rings. The summed E-state index contributed by atoms with van der Waals surface area (Å²) in [7, 11) is 0. The maximum atomic E-state index is 12.8. The molecule has 7 heteroatoms. The van der Waals surface area contributed by atoms with Gasteiger partial charge in [0.1, 0.15) is 0 Å². The molecule has 19 heavy (non-hydrogen) atoms. The number of carbonyl (C=O) groups is 1. The number of amides is 1. The second-order valence-electron chi connectivity index (χ2n) is 3.77. The van der Waals surface area contributed by atoms with Crippen molar-refractivity contribution in [2.24, 2.45) is 0 Å². The molecule has 1 amide bonds. The summed E-state index contributed by atoms with van der Waals surface area (Å²) in [5.74, 6) is -0.403. The van der Waals surface area contributed by atoms with Crippen molar-refractivity contribution >= 4 is 37.8 Å². The number of nitrogens with zero attached hydrogens (tertiary/aromatic N) is 1. The third kappa shape index (κ3) is 4.21. The number of benzene rings is 1. The Morgan fingerprint density at radius 3 is 2.47 bits per heavy atom. The van der Waals surface area contributed by atoms with Gasteiger partial charge in [-0.15, -0.1) is 0 Å². The lowest BCUT2D eigenvalue weighted by Crippen LogP contribution is -2.32. The summed E-state index contributed by atoms with van der Waals surface area (Å²) in [6.45, 7) is 2.68. The molecule has 0 saturated heterocycles. The Balaban J connectivity index is 3.12. The van der Waals surface area contributed by atoms with Gasteiger partial charge in [0.05, 0.1) is 5.56 Å². The van der Waals surface area contributed by atoms with Gasteiger partial charge in [-0.3, -0.25) is 4.79 Å². The van der Waals surface area contributed by atoms with E-state index >= 15 is 0 Å². The van der Waals surface area contributed by atoms with Crippen molar-refractivity contribution in [3.05, 3.63) is 33.8 Å². The summed E-state index contributed by atoms with van der Waals surface area (Å²) in [5, 5.41) is 0.579. The van der Waals surface area contributed by atoms with Crippen LogP contribution in [0.15, 0.2) is 22.7 Å². The van der Waals surface area contributed by atoms with Crippen LogP contribution in [0.5, 0.6) is 0 Å². The van der Waals surface area contributed by atoms with E-state index in [0.717, 1.165) is 6.07 Å². The molecule has 2 nitrogen and oxygen atoms in total. The zero-order chi connectivity index (χ0) is 14.6. The Hall–Kier alpha value is -0.560. The minimum Gasteiger partial charge on any atom is -0.338 e. The van der Waals surface area contributed by atoms with Crippen LogP contribution in [0.25, 0.3) is 0 Å². The summed E-state index contributed by atoms with van der Waals surface area (Å²) in [4.78, 5) is 13.6. The van der Waals surface area contributed by atoms with Crippen molar-refractivity contribution in [1.29, 1.82) is 0 Å². The minimum atomic E-state index is -4.48. The average Bonchev–Trinajstić information content (AvgIpc) is 2.34. The molecular weight excluding hydrogens is 391 g/mol. The van der Waals surface area contributed by atoms with Gasteiger partial charge < -0.3 is 4.90 Å². The fourth-order valence-corrected chi connectivity index (χ4v) is 2.46. The fourth-order valence-electron chi connectivity index (χ4n) is 1.56. The van der Waals surface area contributed by atoms with Crippen molar-refractivity contribution in [2.45, 2.75) is 13.1 Å². The molecule has 0 saturated carbocycles. The van der Waals surface area contributed by atoms with E-state index in [-0.39, 0.29) is 10.0 Å². The van der Waals surface area contributed by atoms with Crippen LogP contribution in [0.2, 0.25) is 0 Å². The summed E-state index contributed by atoms with van der Waals surface area (Å²) < 4.78 is 38.2. The molecule has 0 spiro atoms. The molecule has 0 unspecified atom stereocenters. The van der Waals surface area contributed by atoms with Crippen molar-refractivity contribution in [3.63, 3.8) is 0 Å². The first-order chi connectivity index (χ1) is 8.81. The van der Waals surface area contributed by atoms with E-state index in [1.54, 1.807) is 6.92 Å². The standard InChI is InChI=1S/C12H12Br2F3NO/c1-2-18(6-5-13)11(19)8-3-4-10(14)9(7-8)12(15,16)17/h3-4,7H,2,5-6H2,1H3. The monoisotopic (exact) mass is 401 g/mol. The largest absolute Gasteiger partial charge is 0.417 e. The molecule has 0 radical (unpaired) electrons. The van der Waals surface area contributed by atoms with Crippen LogP contribution in [-0.2, 0) is 6.18 Å². The first-order valence-corrected chi connectivity index (χ1v) is 7.44. The highest BCUT2D eigenvalue weighted by atomic mass is 79.9. The lowest BCUT2D eigenvalue weighted by Gasteiger charge is -2.20. The maximum Gasteiger partial charge on any atom is 0.417 e. The topological polar surface area (TPSA) is 20.3 Å². The number of alkyl halides is 4. The Morgan fingerprint density at radius 1 is 1.37 bits per heavy atom. The highest BCUT2D eigenvalue weighted by Gasteiger charge is 2.33. The highest BCUT2D eigenvalue weighted by Crippen LogP contribution is 2.35. The highest BCUT2D eigenvalue weighted by molar-refractivity contribution is 9.10. The van der Waals surface area contributed by atoms with Crippen LogP contribution in [0.1, 0.15) is 22.8 Å². The molecule has 1 aromatic rings. The van der Waals surface area contributed by atoms with Crippen LogP contribution >= 0.6 is 31.9 Å². The number of halogens is 5. The van der Waals surface area contributed by atoms with Crippen molar-refractivity contribution in [3.8, 4) is 0 Å². The van der Waals surface area contributed by atoms with Gasteiger partial charge in [0.25, 0.3) is 5.91 Å². The second kappa shape index (κ2) is 6.74. The summed E-state index contributed by atoms with van der Waals surface area (Å²) >= 11 is 6.06. The molecule has 106 valence electrons. The van der Waals surface area contributed by atoms with Gasteiger partial charge in [-0.1, -0.05) is 31.9 Å². The average molecular weight is 403 g/mol. The molecule has 0 aromatic heterocycles. The first kappa shape index (κ1) is 16.5. The molecule has 0 heterocycles. The molecule has 0 aliphatic heterocycles. The molecule has 0 aliphatic rings. The normalized spacial score (nSPS) is 11.5. The van der Waals surface area contributed by atoms with Crippen LogP contribution < -0.4 is 0 Å². The van der Waals surface area contributed by atoms with Gasteiger partial charge in [-0.25, -0.2) is 0 Å². The number of carbonyl (C=O) groups excluding carboxylic acids is 1. The Kier molecular flexibility index (Phi) is 5.85. The Bertz CT molecular complexity index is 463. The van der Waals surface area contributed by atoms with Crippen LogP contribution in [0, 0.1) is 0 Å². The predicted molar refractivity (Wildman–Crippen MR) is 74.5 cm³/mol. The van der Waals surface area contributed by atoms with E-state index in [1.165, 1.54) is 17.0 Å².